The zero-order valence-electron chi connectivity index (χ0n) is 23.0. The van der Waals surface area contributed by atoms with Gasteiger partial charge < -0.3 is 10.2 Å². The van der Waals surface area contributed by atoms with Gasteiger partial charge in [-0.05, 0) is 75.9 Å². The number of hydrogen-bond donors (Lipinski definition) is 2. The first-order valence-corrected chi connectivity index (χ1v) is 15.0. The van der Waals surface area contributed by atoms with Gasteiger partial charge in [0.15, 0.2) is 0 Å². The number of pyridine rings is 1. The standard InChI is InChI=1S/C28H35N7O3S/c1-17-8-18(2)10-23(9-17)31-28-29-14-22-15-34(16-25(22)32-28)24-6-7-35(20(4)12-24)27(36)21-11-19(3)30-26(13-21)33-39(5,37)38/h8-11,13-14,20,24H,6-7,12,15-16H2,1-5H3,(H,30,33)(H,29,31,32)/t20-,24-/m1/s1. The lowest BCUT2D eigenvalue weighted by Gasteiger charge is -2.41. The molecule has 0 bridgehead atoms. The lowest BCUT2D eigenvalue weighted by atomic mass is 9.96. The van der Waals surface area contributed by atoms with Gasteiger partial charge in [0.25, 0.3) is 5.91 Å². The SMILES string of the molecule is Cc1cc(C)cc(Nc2ncc3c(n2)CN([C@@H]2CCN(C(=O)c4cc(C)nc(NS(C)(=O)=O)c4)[C@H](C)C2)C3)c1. The van der Waals surface area contributed by atoms with Crippen LogP contribution >= 0.6 is 0 Å². The fourth-order valence-corrected chi connectivity index (χ4v) is 6.14. The third-order valence-corrected chi connectivity index (χ3v) is 7.85. The highest BCUT2D eigenvalue weighted by atomic mass is 32.2. The second-order valence-electron chi connectivity index (χ2n) is 10.9. The summed E-state index contributed by atoms with van der Waals surface area (Å²) < 4.78 is 25.7. The van der Waals surface area contributed by atoms with Crippen LogP contribution in [0.15, 0.2) is 36.5 Å². The van der Waals surface area contributed by atoms with E-state index in [1.807, 2.05) is 11.1 Å². The average Bonchev–Trinajstić information content (AvgIpc) is 3.25. The van der Waals surface area contributed by atoms with Crippen molar-refractivity contribution in [2.45, 2.75) is 65.7 Å². The minimum absolute atomic E-state index is 0.0348. The zero-order chi connectivity index (χ0) is 27.9. The molecule has 11 heteroatoms. The van der Waals surface area contributed by atoms with E-state index in [2.05, 4.69) is 63.9 Å². The van der Waals surface area contributed by atoms with Crippen molar-refractivity contribution in [3.63, 3.8) is 0 Å². The molecule has 2 aromatic heterocycles. The maximum Gasteiger partial charge on any atom is 0.254 e. The molecule has 206 valence electrons. The molecule has 1 saturated heterocycles. The number of likely N-dealkylation sites (tertiary alicyclic amines) is 1. The van der Waals surface area contributed by atoms with Gasteiger partial charge in [-0.15, -0.1) is 0 Å². The van der Waals surface area contributed by atoms with Crippen LogP contribution in [0.4, 0.5) is 17.5 Å². The van der Waals surface area contributed by atoms with E-state index in [4.69, 9.17) is 4.98 Å². The number of nitrogens with zero attached hydrogens (tertiary/aromatic N) is 5. The number of fused-ring (bicyclic) bond motifs is 1. The minimum atomic E-state index is -3.49. The van der Waals surface area contributed by atoms with Crippen LogP contribution in [-0.2, 0) is 23.1 Å². The molecular formula is C28H35N7O3S. The minimum Gasteiger partial charge on any atom is -0.336 e. The molecule has 3 aromatic rings. The molecule has 5 rings (SSSR count). The van der Waals surface area contributed by atoms with E-state index in [0.29, 0.717) is 29.8 Å². The third-order valence-electron chi connectivity index (χ3n) is 7.27. The second kappa shape index (κ2) is 10.5. The molecular weight excluding hydrogens is 514 g/mol. The van der Waals surface area contributed by atoms with E-state index in [-0.39, 0.29) is 17.8 Å². The molecule has 0 saturated carbocycles. The summed E-state index contributed by atoms with van der Waals surface area (Å²) in [6.45, 7) is 10.2. The van der Waals surface area contributed by atoms with E-state index < -0.39 is 10.0 Å². The highest BCUT2D eigenvalue weighted by Gasteiger charge is 2.35. The van der Waals surface area contributed by atoms with Gasteiger partial charge in [0, 0.05) is 60.4 Å². The summed E-state index contributed by atoms with van der Waals surface area (Å²) in [5, 5.41) is 3.34. The first kappa shape index (κ1) is 27.0. The highest BCUT2D eigenvalue weighted by Crippen LogP contribution is 2.31. The number of nitrogens with one attached hydrogen (secondary N) is 2. The number of benzene rings is 1. The van der Waals surface area contributed by atoms with E-state index in [0.717, 1.165) is 49.1 Å². The number of aryl methyl sites for hydroxylation is 3. The van der Waals surface area contributed by atoms with Crippen molar-refractivity contribution in [3.8, 4) is 0 Å². The Balaban J connectivity index is 1.23. The average molecular weight is 550 g/mol. The summed E-state index contributed by atoms with van der Waals surface area (Å²) in [7, 11) is -3.49. The van der Waals surface area contributed by atoms with Crippen LogP contribution in [0.25, 0.3) is 0 Å². The number of anilines is 3. The van der Waals surface area contributed by atoms with Gasteiger partial charge in [-0.2, -0.15) is 0 Å². The van der Waals surface area contributed by atoms with E-state index in [1.54, 1.807) is 13.0 Å². The second-order valence-corrected chi connectivity index (χ2v) is 12.6. The third kappa shape index (κ3) is 6.36. The van der Waals surface area contributed by atoms with E-state index in [9.17, 15) is 13.2 Å². The lowest BCUT2D eigenvalue weighted by Crippen LogP contribution is -2.50. The summed E-state index contributed by atoms with van der Waals surface area (Å²) in [4.78, 5) is 31.3. The van der Waals surface area contributed by atoms with E-state index in [1.165, 1.54) is 17.2 Å². The number of hydrogen-bond acceptors (Lipinski definition) is 8. The van der Waals surface area contributed by atoms with Gasteiger partial charge >= 0.3 is 0 Å². The topological polar surface area (TPSA) is 120 Å². The number of aromatic nitrogens is 3. The lowest BCUT2D eigenvalue weighted by molar-refractivity contribution is 0.0460. The fraction of sp³-hybridized carbons (Fsp3) is 0.429. The Hall–Kier alpha value is -3.57. The molecule has 2 atom stereocenters. The van der Waals surface area contributed by atoms with Crippen molar-refractivity contribution in [2.75, 3.05) is 22.8 Å². The summed E-state index contributed by atoms with van der Waals surface area (Å²) in [6.07, 6.45) is 4.68. The number of amides is 1. The van der Waals surface area contributed by atoms with Crippen LogP contribution in [0.2, 0.25) is 0 Å². The molecule has 2 N–H and O–H groups in total. The van der Waals surface area contributed by atoms with Crippen molar-refractivity contribution in [2.24, 2.45) is 0 Å². The molecule has 2 aliphatic rings. The van der Waals surface area contributed by atoms with Crippen LogP contribution in [0.3, 0.4) is 0 Å². The number of rotatable bonds is 6. The van der Waals surface area contributed by atoms with Crippen LogP contribution in [-0.4, -0.2) is 64.0 Å². The zero-order valence-corrected chi connectivity index (χ0v) is 23.8. The molecule has 1 fully saturated rings. The fourth-order valence-electron chi connectivity index (χ4n) is 5.65. The number of sulfonamides is 1. The Bertz CT molecular complexity index is 1510. The Labute approximate surface area is 229 Å². The summed E-state index contributed by atoms with van der Waals surface area (Å²) in [6, 6.07) is 9.88. The highest BCUT2D eigenvalue weighted by molar-refractivity contribution is 7.92. The smallest absolute Gasteiger partial charge is 0.254 e. The molecule has 0 radical (unpaired) electrons. The molecule has 10 nitrogen and oxygen atoms in total. The summed E-state index contributed by atoms with van der Waals surface area (Å²) in [5.74, 6) is 0.651. The van der Waals surface area contributed by atoms with Gasteiger partial charge in [-0.1, -0.05) is 6.07 Å². The Kier molecular flexibility index (Phi) is 7.30. The van der Waals surface area contributed by atoms with Crippen molar-refractivity contribution >= 4 is 33.4 Å². The van der Waals surface area contributed by atoms with Gasteiger partial charge in [0.2, 0.25) is 16.0 Å². The Morgan fingerprint density at radius 2 is 1.77 bits per heavy atom. The van der Waals surface area contributed by atoms with Crippen LogP contribution < -0.4 is 10.0 Å². The summed E-state index contributed by atoms with van der Waals surface area (Å²) >= 11 is 0. The van der Waals surface area contributed by atoms with Crippen LogP contribution in [0.5, 0.6) is 0 Å². The quantitative estimate of drug-likeness (QED) is 0.475. The predicted molar refractivity (Wildman–Crippen MR) is 151 cm³/mol. The molecule has 1 amide bonds. The van der Waals surface area contributed by atoms with Gasteiger partial charge in [-0.3, -0.25) is 14.4 Å². The molecule has 0 unspecified atom stereocenters. The number of piperidine rings is 1. The van der Waals surface area contributed by atoms with Crippen molar-refractivity contribution in [1.82, 2.24) is 24.8 Å². The monoisotopic (exact) mass is 549 g/mol. The molecule has 39 heavy (non-hydrogen) atoms. The van der Waals surface area contributed by atoms with Gasteiger partial charge in [-0.25, -0.2) is 23.4 Å². The van der Waals surface area contributed by atoms with Gasteiger partial charge in [0.1, 0.15) is 5.82 Å². The largest absolute Gasteiger partial charge is 0.336 e. The van der Waals surface area contributed by atoms with Crippen molar-refractivity contribution in [1.29, 1.82) is 0 Å². The molecule has 0 spiro atoms. The van der Waals surface area contributed by atoms with E-state index >= 15 is 0 Å². The summed E-state index contributed by atoms with van der Waals surface area (Å²) in [5.41, 5.74) is 6.56. The maximum absolute atomic E-state index is 13.4. The molecule has 1 aromatic carbocycles. The molecule has 4 heterocycles. The maximum atomic E-state index is 13.4. The molecule has 2 aliphatic heterocycles. The van der Waals surface area contributed by atoms with Crippen molar-refractivity contribution < 1.29 is 13.2 Å². The van der Waals surface area contributed by atoms with Crippen LogP contribution in [0, 0.1) is 20.8 Å². The Morgan fingerprint density at radius 1 is 1.03 bits per heavy atom. The predicted octanol–water partition coefficient (Wildman–Crippen LogP) is 3.92. The van der Waals surface area contributed by atoms with Crippen LogP contribution in [0.1, 0.15) is 58.2 Å². The normalized spacial score (nSPS) is 19.6. The molecule has 0 aliphatic carbocycles. The Morgan fingerprint density at radius 3 is 2.46 bits per heavy atom. The number of carbonyl (C=O) groups is 1. The van der Waals surface area contributed by atoms with Crippen molar-refractivity contribution in [3.05, 3.63) is 70.2 Å². The van der Waals surface area contributed by atoms with Gasteiger partial charge in [0.05, 0.1) is 11.9 Å². The first-order valence-electron chi connectivity index (χ1n) is 13.1. The number of carbonyl (C=O) groups excluding carboxylic acids is 1. The first-order chi connectivity index (χ1) is 18.4.